The summed E-state index contributed by atoms with van der Waals surface area (Å²) in [6, 6.07) is 17.7. The van der Waals surface area contributed by atoms with Crippen LogP contribution in [0.25, 0.3) is 0 Å². The van der Waals surface area contributed by atoms with Crippen molar-refractivity contribution in [3.63, 3.8) is 0 Å². The van der Waals surface area contributed by atoms with Gasteiger partial charge in [-0.2, -0.15) is 4.31 Å². The van der Waals surface area contributed by atoms with Crippen molar-refractivity contribution in [2.24, 2.45) is 0 Å². The van der Waals surface area contributed by atoms with E-state index in [2.05, 4.69) is 6.07 Å². The molecule has 0 saturated heterocycles. The average Bonchev–Trinajstić information content (AvgIpc) is 3.22. The number of likely N-dealkylation sites (N-methyl/N-ethyl adjacent to an activating group) is 1. The SMILES string of the molecule is CN(CC(=O)N1CCc2sccc2[C@H]1c1ccccc1)S(=O)(=O)c1ccc(Cl)cc1. The minimum atomic E-state index is -3.79. The maximum absolute atomic E-state index is 13.3. The van der Waals surface area contributed by atoms with Gasteiger partial charge >= 0.3 is 0 Å². The first-order chi connectivity index (χ1) is 14.4. The van der Waals surface area contributed by atoms with Crippen LogP contribution in [-0.2, 0) is 21.2 Å². The number of carbonyl (C=O) groups excluding carboxylic acids is 1. The molecule has 0 bridgehead atoms. The van der Waals surface area contributed by atoms with Gasteiger partial charge in [0.25, 0.3) is 0 Å². The highest BCUT2D eigenvalue weighted by molar-refractivity contribution is 7.89. The van der Waals surface area contributed by atoms with Crippen molar-refractivity contribution in [2.75, 3.05) is 20.1 Å². The van der Waals surface area contributed by atoms with Crippen molar-refractivity contribution < 1.29 is 13.2 Å². The van der Waals surface area contributed by atoms with E-state index < -0.39 is 10.0 Å². The normalized spacial score (nSPS) is 16.5. The van der Waals surface area contributed by atoms with Crippen LogP contribution in [0.1, 0.15) is 22.0 Å². The fraction of sp³-hybridized carbons (Fsp3) is 0.227. The molecule has 1 amide bonds. The third-order valence-electron chi connectivity index (χ3n) is 5.28. The Bertz CT molecular complexity index is 1140. The molecule has 1 aliphatic rings. The molecule has 2 heterocycles. The molecule has 156 valence electrons. The molecule has 1 atom stereocenters. The van der Waals surface area contributed by atoms with Gasteiger partial charge in [-0.3, -0.25) is 4.79 Å². The molecule has 0 radical (unpaired) electrons. The van der Waals surface area contributed by atoms with E-state index in [-0.39, 0.29) is 23.4 Å². The van der Waals surface area contributed by atoms with Crippen LogP contribution in [0, 0.1) is 0 Å². The minimum absolute atomic E-state index is 0.112. The third kappa shape index (κ3) is 4.03. The van der Waals surface area contributed by atoms with E-state index in [4.69, 9.17) is 11.6 Å². The van der Waals surface area contributed by atoms with Gasteiger partial charge in [0.2, 0.25) is 15.9 Å². The number of nitrogens with zero attached hydrogens (tertiary/aromatic N) is 2. The smallest absolute Gasteiger partial charge is 0.243 e. The average molecular weight is 461 g/mol. The predicted octanol–water partition coefficient (Wildman–Crippen LogP) is 4.20. The molecule has 0 aliphatic carbocycles. The second-order valence-corrected chi connectivity index (χ2v) is 10.6. The molecule has 30 heavy (non-hydrogen) atoms. The summed E-state index contributed by atoms with van der Waals surface area (Å²) in [4.78, 5) is 16.4. The fourth-order valence-electron chi connectivity index (χ4n) is 3.73. The van der Waals surface area contributed by atoms with E-state index in [9.17, 15) is 13.2 Å². The molecule has 5 nitrogen and oxygen atoms in total. The highest BCUT2D eigenvalue weighted by Crippen LogP contribution is 2.37. The molecule has 0 spiro atoms. The van der Waals surface area contributed by atoms with Gasteiger partial charge in [0.1, 0.15) is 0 Å². The number of halogens is 1. The van der Waals surface area contributed by atoms with E-state index in [0.717, 1.165) is 21.9 Å². The van der Waals surface area contributed by atoms with E-state index in [1.165, 1.54) is 36.2 Å². The number of hydrogen-bond acceptors (Lipinski definition) is 4. The molecular weight excluding hydrogens is 440 g/mol. The molecule has 1 aromatic heterocycles. The van der Waals surface area contributed by atoms with Crippen molar-refractivity contribution >= 4 is 38.9 Å². The lowest BCUT2D eigenvalue weighted by atomic mass is 9.93. The van der Waals surface area contributed by atoms with Crippen LogP contribution in [0.15, 0.2) is 70.9 Å². The lowest BCUT2D eigenvalue weighted by molar-refractivity contribution is -0.133. The maximum atomic E-state index is 13.3. The molecule has 1 aliphatic heterocycles. The Morgan fingerprint density at radius 1 is 1.13 bits per heavy atom. The van der Waals surface area contributed by atoms with Crippen LogP contribution in [-0.4, -0.2) is 43.7 Å². The number of amides is 1. The fourth-order valence-corrected chi connectivity index (χ4v) is 5.88. The summed E-state index contributed by atoms with van der Waals surface area (Å²) >= 11 is 7.56. The van der Waals surface area contributed by atoms with Gasteiger partial charge in [-0.25, -0.2) is 8.42 Å². The van der Waals surface area contributed by atoms with Crippen LogP contribution in [0.5, 0.6) is 0 Å². The van der Waals surface area contributed by atoms with E-state index in [1.54, 1.807) is 16.2 Å². The van der Waals surface area contributed by atoms with Gasteiger partial charge in [-0.15, -0.1) is 11.3 Å². The first-order valence-corrected chi connectivity index (χ1v) is 12.2. The number of hydrogen-bond donors (Lipinski definition) is 0. The Kier molecular flexibility index (Phi) is 5.97. The predicted molar refractivity (Wildman–Crippen MR) is 119 cm³/mol. The van der Waals surface area contributed by atoms with Crippen molar-refractivity contribution in [2.45, 2.75) is 17.4 Å². The van der Waals surface area contributed by atoms with E-state index in [0.29, 0.717) is 11.6 Å². The van der Waals surface area contributed by atoms with Crippen molar-refractivity contribution in [3.8, 4) is 0 Å². The minimum Gasteiger partial charge on any atom is -0.330 e. The van der Waals surface area contributed by atoms with Crippen LogP contribution < -0.4 is 0 Å². The number of fused-ring (bicyclic) bond motifs is 1. The summed E-state index contributed by atoms with van der Waals surface area (Å²) in [5.74, 6) is -0.222. The maximum Gasteiger partial charge on any atom is 0.243 e. The Morgan fingerprint density at radius 3 is 2.53 bits per heavy atom. The van der Waals surface area contributed by atoms with Crippen LogP contribution >= 0.6 is 22.9 Å². The topological polar surface area (TPSA) is 57.7 Å². The zero-order valence-corrected chi connectivity index (χ0v) is 18.8. The summed E-state index contributed by atoms with van der Waals surface area (Å²) in [6.45, 7) is 0.328. The van der Waals surface area contributed by atoms with Crippen LogP contribution in [0.4, 0.5) is 0 Å². The molecule has 0 N–H and O–H groups in total. The largest absolute Gasteiger partial charge is 0.330 e. The summed E-state index contributed by atoms with van der Waals surface area (Å²) in [7, 11) is -2.36. The summed E-state index contributed by atoms with van der Waals surface area (Å²) in [5.41, 5.74) is 2.14. The monoisotopic (exact) mass is 460 g/mol. The Labute approximate surface area is 185 Å². The van der Waals surface area contributed by atoms with E-state index in [1.807, 2.05) is 35.7 Å². The molecule has 3 aromatic rings. The molecule has 2 aromatic carbocycles. The number of rotatable bonds is 5. The van der Waals surface area contributed by atoms with Gasteiger partial charge in [0.05, 0.1) is 17.5 Å². The van der Waals surface area contributed by atoms with E-state index >= 15 is 0 Å². The summed E-state index contributed by atoms with van der Waals surface area (Å²) < 4.78 is 26.9. The molecule has 0 saturated carbocycles. The third-order valence-corrected chi connectivity index (χ3v) is 8.35. The zero-order valence-electron chi connectivity index (χ0n) is 16.4. The molecular formula is C22H21ClN2O3S2. The first-order valence-electron chi connectivity index (χ1n) is 9.50. The molecule has 0 unspecified atom stereocenters. The number of thiophene rings is 1. The lowest BCUT2D eigenvalue weighted by Crippen LogP contribution is -2.45. The number of sulfonamides is 1. The molecule has 8 heteroatoms. The van der Waals surface area contributed by atoms with Crippen molar-refractivity contribution in [3.05, 3.63) is 87.1 Å². The zero-order chi connectivity index (χ0) is 21.3. The van der Waals surface area contributed by atoms with Gasteiger partial charge in [-0.05, 0) is 53.3 Å². The quantitative estimate of drug-likeness (QED) is 0.573. The highest BCUT2D eigenvalue weighted by atomic mass is 35.5. The number of benzene rings is 2. The highest BCUT2D eigenvalue weighted by Gasteiger charge is 2.34. The Hall–Kier alpha value is -2.19. The van der Waals surface area contributed by atoms with Crippen LogP contribution in [0.2, 0.25) is 5.02 Å². The van der Waals surface area contributed by atoms with Gasteiger partial charge in [0.15, 0.2) is 0 Å². The molecule has 4 rings (SSSR count). The lowest BCUT2D eigenvalue weighted by Gasteiger charge is -2.37. The standard InChI is InChI=1S/C22H21ClN2O3S2/c1-24(30(27,28)18-9-7-17(23)8-10-18)15-21(26)25-13-11-20-19(12-14-29-20)22(25)16-5-3-2-4-6-16/h2-10,12,14,22H,11,13,15H2,1H3/t22-/m1/s1. The molecule has 0 fully saturated rings. The number of carbonyl (C=O) groups is 1. The first kappa shape index (κ1) is 21.1. The summed E-state index contributed by atoms with van der Waals surface area (Å²) in [6.07, 6.45) is 0.774. The van der Waals surface area contributed by atoms with Crippen LogP contribution in [0.3, 0.4) is 0 Å². The van der Waals surface area contributed by atoms with Crippen molar-refractivity contribution in [1.82, 2.24) is 9.21 Å². The van der Waals surface area contributed by atoms with Gasteiger partial charge in [-0.1, -0.05) is 41.9 Å². The second-order valence-electron chi connectivity index (χ2n) is 7.16. The van der Waals surface area contributed by atoms with Gasteiger partial charge in [0, 0.05) is 23.5 Å². The second kappa shape index (κ2) is 8.51. The Balaban J connectivity index is 1.60. The van der Waals surface area contributed by atoms with Gasteiger partial charge < -0.3 is 4.90 Å². The summed E-state index contributed by atoms with van der Waals surface area (Å²) in [5, 5.41) is 2.50. The Morgan fingerprint density at radius 2 is 1.83 bits per heavy atom. The van der Waals surface area contributed by atoms with Crippen molar-refractivity contribution in [1.29, 1.82) is 0 Å².